The molecule has 1 saturated heterocycles. The number of ether oxygens (including phenoxy) is 1. The quantitative estimate of drug-likeness (QED) is 0.563. The highest BCUT2D eigenvalue weighted by atomic mass is 16.5. The largest absolute Gasteiger partial charge is 0.376 e. The number of nitrogens with one attached hydrogen (secondary N) is 1. The predicted molar refractivity (Wildman–Crippen MR) is 56.9 cm³/mol. The molecule has 0 amide bonds. The Bertz CT molecular complexity index is 306. The first-order chi connectivity index (χ1) is 7.33. The highest BCUT2D eigenvalue weighted by molar-refractivity contribution is 5.01. The normalized spacial score (nSPS) is 24.0. The van der Waals surface area contributed by atoms with Crippen LogP contribution in [0.2, 0.25) is 0 Å². The number of aromatic nitrogens is 2. The zero-order valence-electron chi connectivity index (χ0n) is 9.02. The summed E-state index contributed by atoms with van der Waals surface area (Å²) in [5.74, 6) is 6.52. The van der Waals surface area contributed by atoms with Gasteiger partial charge in [-0.1, -0.05) is 0 Å². The lowest BCUT2D eigenvalue weighted by atomic mass is 10.0. The first-order valence-electron chi connectivity index (χ1n) is 5.38. The molecular formula is C10H18N4O. The summed E-state index contributed by atoms with van der Waals surface area (Å²) >= 11 is 0. The monoisotopic (exact) mass is 210 g/mol. The van der Waals surface area contributed by atoms with Crippen molar-refractivity contribution >= 4 is 0 Å². The fourth-order valence-corrected chi connectivity index (χ4v) is 2.05. The summed E-state index contributed by atoms with van der Waals surface area (Å²) in [5, 5.41) is 0. The van der Waals surface area contributed by atoms with Crippen molar-refractivity contribution in [2.24, 2.45) is 12.9 Å². The summed E-state index contributed by atoms with van der Waals surface area (Å²) in [6.07, 6.45) is 7.23. The third-order valence-corrected chi connectivity index (χ3v) is 2.90. The zero-order valence-corrected chi connectivity index (χ0v) is 9.02. The Kier molecular flexibility index (Phi) is 3.35. The van der Waals surface area contributed by atoms with Gasteiger partial charge in [-0.15, -0.1) is 0 Å². The van der Waals surface area contributed by atoms with Gasteiger partial charge in [-0.3, -0.25) is 5.84 Å². The average Bonchev–Trinajstić information content (AvgIpc) is 2.68. The van der Waals surface area contributed by atoms with Gasteiger partial charge < -0.3 is 9.30 Å². The topological polar surface area (TPSA) is 65.1 Å². The highest BCUT2D eigenvalue weighted by Crippen LogP contribution is 2.24. The first-order valence-corrected chi connectivity index (χ1v) is 5.38. The SMILES string of the molecule is Cn1ccnc1C(NN)C1CCCCO1. The molecule has 1 aromatic heterocycles. The van der Waals surface area contributed by atoms with Gasteiger partial charge in [-0.2, -0.15) is 0 Å². The summed E-state index contributed by atoms with van der Waals surface area (Å²) in [5.41, 5.74) is 2.81. The van der Waals surface area contributed by atoms with Crippen LogP contribution in [0, 0.1) is 0 Å². The van der Waals surface area contributed by atoms with E-state index in [-0.39, 0.29) is 12.1 Å². The molecule has 2 unspecified atom stereocenters. The van der Waals surface area contributed by atoms with Crippen molar-refractivity contribution in [2.75, 3.05) is 6.61 Å². The minimum atomic E-state index is -0.00898. The Morgan fingerprint density at radius 2 is 2.53 bits per heavy atom. The predicted octanol–water partition coefficient (Wildman–Crippen LogP) is 0.494. The third-order valence-electron chi connectivity index (χ3n) is 2.90. The molecule has 0 bridgehead atoms. The molecular weight excluding hydrogens is 192 g/mol. The third kappa shape index (κ3) is 2.19. The molecule has 2 atom stereocenters. The van der Waals surface area contributed by atoms with Crippen LogP contribution in [0.4, 0.5) is 0 Å². The van der Waals surface area contributed by atoms with Gasteiger partial charge >= 0.3 is 0 Å². The lowest BCUT2D eigenvalue weighted by molar-refractivity contribution is -0.0106. The Morgan fingerprint density at radius 3 is 3.07 bits per heavy atom. The molecule has 0 aromatic carbocycles. The molecule has 1 fully saturated rings. The standard InChI is InChI=1S/C10H18N4O/c1-14-6-5-12-10(14)9(13-11)8-4-2-3-7-15-8/h5-6,8-9,13H,2-4,7,11H2,1H3. The van der Waals surface area contributed by atoms with Gasteiger partial charge in [0.05, 0.1) is 6.10 Å². The van der Waals surface area contributed by atoms with E-state index in [1.165, 1.54) is 6.42 Å². The van der Waals surface area contributed by atoms with Crippen molar-refractivity contribution in [1.29, 1.82) is 0 Å². The molecule has 5 nitrogen and oxygen atoms in total. The van der Waals surface area contributed by atoms with E-state index in [4.69, 9.17) is 10.6 Å². The number of rotatable bonds is 3. The molecule has 1 aliphatic rings. The Labute approximate surface area is 89.6 Å². The fourth-order valence-electron chi connectivity index (χ4n) is 2.05. The number of aryl methyl sites for hydroxylation is 1. The molecule has 2 heterocycles. The van der Waals surface area contributed by atoms with E-state index in [0.717, 1.165) is 25.3 Å². The van der Waals surface area contributed by atoms with Crippen LogP contribution in [0.25, 0.3) is 0 Å². The number of nitrogens with two attached hydrogens (primary N) is 1. The number of hydrogen-bond donors (Lipinski definition) is 2. The molecule has 3 N–H and O–H groups in total. The molecule has 15 heavy (non-hydrogen) atoms. The van der Waals surface area contributed by atoms with Crippen molar-refractivity contribution in [1.82, 2.24) is 15.0 Å². The maximum Gasteiger partial charge on any atom is 0.129 e. The Balaban J connectivity index is 2.12. The number of imidazole rings is 1. The molecule has 2 rings (SSSR count). The summed E-state index contributed by atoms with van der Waals surface area (Å²) < 4.78 is 7.69. The van der Waals surface area contributed by atoms with E-state index in [1.807, 2.05) is 17.8 Å². The molecule has 5 heteroatoms. The van der Waals surface area contributed by atoms with Crippen LogP contribution in [0.5, 0.6) is 0 Å². The highest BCUT2D eigenvalue weighted by Gasteiger charge is 2.27. The van der Waals surface area contributed by atoms with Crippen molar-refractivity contribution < 1.29 is 4.74 Å². The van der Waals surface area contributed by atoms with Crippen molar-refractivity contribution in [2.45, 2.75) is 31.4 Å². The molecule has 1 aliphatic heterocycles. The second-order valence-electron chi connectivity index (χ2n) is 3.95. The number of hydrogen-bond acceptors (Lipinski definition) is 4. The maximum atomic E-state index is 5.71. The molecule has 0 radical (unpaired) electrons. The average molecular weight is 210 g/mol. The van der Waals surface area contributed by atoms with Crippen molar-refractivity contribution in [3.8, 4) is 0 Å². The summed E-state index contributed by atoms with van der Waals surface area (Å²) in [4.78, 5) is 4.30. The van der Waals surface area contributed by atoms with Crippen LogP contribution < -0.4 is 11.3 Å². The van der Waals surface area contributed by atoms with Gasteiger partial charge in [-0.25, -0.2) is 10.4 Å². The van der Waals surface area contributed by atoms with Gasteiger partial charge in [0, 0.05) is 26.0 Å². The Morgan fingerprint density at radius 1 is 1.67 bits per heavy atom. The van der Waals surface area contributed by atoms with E-state index >= 15 is 0 Å². The van der Waals surface area contributed by atoms with E-state index in [0.29, 0.717) is 0 Å². The molecule has 1 aromatic rings. The van der Waals surface area contributed by atoms with E-state index < -0.39 is 0 Å². The molecule has 84 valence electrons. The van der Waals surface area contributed by atoms with Crippen LogP contribution in [0.15, 0.2) is 12.4 Å². The van der Waals surface area contributed by atoms with E-state index in [2.05, 4.69) is 10.4 Å². The van der Waals surface area contributed by atoms with Gasteiger partial charge in [0.15, 0.2) is 0 Å². The lowest BCUT2D eigenvalue weighted by Gasteiger charge is -2.29. The zero-order chi connectivity index (χ0) is 10.7. The van der Waals surface area contributed by atoms with Crippen molar-refractivity contribution in [3.05, 3.63) is 18.2 Å². The van der Waals surface area contributed by atoms with Gasteiger partial charge in [0.25, 0.3) is 0 Å². The van der Waals surface area contributed by atoms with Gasteiger partial charge in [0.1, 0.15) is 11.9 Å². The second kappa shape index (κ2) is 4.74. The van der Waals surface area contributed by atoms with Crippen LogP contribution in [-0.4, -0.2) is 22.3 Å². The smallest absolute Gasteiger partial charge is 0.129 e. The number of hydrazine groups is 1. The van der Waals surface area contributed by atoms with E-state index in [9.17, 15) is 0 Å². The molecule has 0 saturated carbocycles. The van der Waals surface area contributed by atoms with Crippen molar-refractivity contribution in [3.63, 3.8) is 0 Å². The molecule has 0 aliphatic carbocycles. The fraction of sp³-hybridized carbons (Fsp3) is 0.700. The first kappa shape index (κ1) is 10.6. The van der Waals surface area contributed by atoms with Crippen LogP contribution in [-0.2, 0) is 11.8 Å². The minimum Gasteiger partial charge on any atom is -0.376 e. The lowest BCUT2D eigenvalue weighted by Crippen LogP contribution is -2.40. The number of nitrogens with zero attached hydrogens (tertiary/aromatic N) is 2. The summed E-state index contributed by atoms with van der Waals surface area (Å²) in [7, 11) is 1.97. The summed E-state index contributed by atoms with van der Waals surface area (Å²) in [6.45, 7) is 0.827. The van der Waals surface area contributed by atoms with E-state index in [1.54, 1.807) is 6.20 Å². The minimum absolute atomic E-state index is 0.00898. The molecule has 0 spiro atoms. The maximum absolute atomic E-state index is 5.71. The second-order valence-corrected chi connectivity index (χ2v) is 3.95. The van der Waals surface area contributed by atoms with Gasteiger partial charge in [0.2, 0.25) is 0 Å². The summed E-state index contributed by atoms with van der Waals surface area (Å²) in [6, 6.07) is -0.00898. The Hall–Kier alpha value is -0.910. The van der Waals surface area contributed by atoms with Crippen LogP contribution in [0.3, 0.4) is 0 Å². The van der Waals surface area contributed by atoms with Gasteiger partial charge in [-0.05, 0) is 19.3 Å². The van der Waals surface area contributed by atoms with Crippen LogP contribution in [0.1, 0.15) is 31.1 Å². The van der Waals surface area contributed by atoms with Crippen LogP contribution >= 0.6 is 0 Å².